The molecule has 4 nitrogen and oxygen atoms in total. The highest BCUT2D eigenvalue weighted by Crippen LogP contribution is 2.49. The number of ether oxygens (including phenoxy) is 1. The van der Waals surface area contributed by atoms with E-state index in [1.165, 1.54) is 28.3 Å². The van der Waals surface area contributed by atoms with Crippen LogP contribution in [0.3, 0.4) is 0 Å². The Labute approximate surface area is 184 Å². The zero-order chi connectivity index (χ0) is 21.6. The Kier molecular flexibility index (Phi) is 4.98. The molecule has 5 rings (SSSR count). The van der Waals surface area contributed by atoms with Crippen LogP contribution in [-0.2, 0) is 5.54 Å². The van der Waals surface area contributed by atoms with Crippen molar-refractivity contribution in [1.29, 1.82) is 0 Å². The second-order valence-corrected chi connectivity index (χ2v) is 9.23. The molecule has 4 heteroatoms. The lowest BCUT2D eigenvalue weighted by Crippen LogP contribution is -2.48. The van der Waals surface area contributed by atoms with Gasteiger partial charge in [-0.05, 0) is 86.3 Å². The average molecular weight is 415 g/mol. The van der Waals surface area contributed by atoms with Gasteiger partial charge in [0.2, 0.25) is 0 Å². The Bertz CT molecular complexity index is 1150. The van der Waals surface area contributed by atoms with Crippen molar-refractivity contribution in [2.24, 2.45) is 0 Å². The summed E-state index contributed by atoms with van der Waals surface area (Å²) in [5, 5.41) is 5.85. The summed E-state index contributed by atoms with van der Waals surface area (Å²) in [5.74, 6) is 0.746. The number of hydrogen-bond acceptors (Lipinski definition) is 3. The highest BCUT2D eigenvalue weighted by Gasteiger charge is 2.47. The van der Waals surface area contributed by atoms with E-state index in [0.29, 0.717) is 18.2 Å². The number of amides is 1. The summed E-state index contributed by atoms with van der Waals surface area (Å²) in [6.45, 7) is 5.93. The lowest BCUT2D eigenvalue weighted by molar-refractivity contribution is 0.0767. The van der Waals surface area contributed by atoms with Gasteiger partial charge >= 0.3 is 0 Å². The molecule has 3 aromatic rings. The van der Waals surface area contributed by atoms with E-state index in [2.05, 4.69) is 60.6 Å². The Hall–Kier alpha value is -2.85. The number of carbonyl (C=O) groups is 1. The molecule has 0 radical (unpaired) electrons. The van der Waals surface area contributed by atoms with Gasteiger partial charge in [-0.2, -0.15) is 0 Å². The molecule has 1 unspecified atom stereocenters. The first-order valence-corrected chi connectivity index (χ1v) is 11.2. The molecule has 1 N–H and O–H groups in total. The Morgan fingerprint density at radius 1 is 1.10 bits per heavy atom. The number of hydrogen-bond donors (Lipinski definition) is 1. The highest BCUT2D eigenvalue weighted by atomic mass is 16.5. The van der Waals surface area contributed by atoms with Crippen LogP contribution in [0.15, 0.2) is 54.6 Å². The van der Waals surface area contributed by atoms with Crippen LogP contribution in [0.5, 0.6) is 5.75 Å². The first-order chi connectivity index (χ1) is 15.0. The third-order valence-corrected chi connectivity index (χ3v) is 7.05. The molecule has 1 saturated heterocycles. The molecule has 0 aromatic heterocycles. The summed E-state index contributed by atoms with van der Waals surface area (Å²) in [4.78, 5) is 15.7. The van der Waals surface area contributed by atoms with Crippen LogP contribution in [0.25, 0.3) is 10.8 Å². The van der Waals surface area contributed by atoms with E-state index in [9.17, 15) is 4.79 Å². The van der Waals surface area contributed by atoms with Gasteiger partial charge in [0.25, 0.3) is 5.91 Å². The minimum atomic E-state index is -0.278. The smallest absolute Gasteiger partial charge is 0.252 e. The van der Waals surface area contributed by atoms with Gasteiger partial charge in [0, 0.05) is 11.6 Å². The number of aryl methyl sites for hydroxylation is 2. The fraction of sp³-hybridized carbons (Fsp3) is 0.370. The predicted molar refractivity (Wildman–Crippen MR) is 125 cm³/mol. The van der Waals surface area contributed by atoms with Crippen LogP contribution >= 0.6 is 0 Å². The maximum atomic E-state index is 13.4. The molecule has 31 heavy (non-hydrogen) atoms. The van der Waals surface area contributed by atoms with Crippen LogP contribution < -0.4 is 10.1 Å². The monoisotopic (exact) mass is 414 g/mol. The van der Waals surface area contributed by atoms with Gasteiger partial charge in [0.1, 0.15) is 12.4 Å². The number of likely N-dealkylation sites (tertiary alicyclic amines) is 1. The van der Waals surface area contributed by atoms with Gasteiger partial charge in [-0.3, -0.25) is 9.69 Å². The third-order valence-electron chi connectivity index (χ3n) is 7.05. The minimum absolute atomic E-state index is 0.0199. The first-order valence-electron chi connectivity index (χ1n) is 11.2. The third kappa shape index (κ3) is 3.70. The molecule has 1 atom stereocenters. The van der Waals surface area contributed by atoms with Crippen LogP contribution in [-0.4, -0.2) is 37.0 Å². The van der Waals surface area contributed by atoms with Gasteiger partial charge in [0.15, 0.2) is 0 Å². The largest absolute Gasteiger partial charge is 0.492 e. The molecule has 2 fully saturated rings. The van der Waals surface area contributed by atoms with Gasteiger partial charge in [-0.1, -0.05) is 42.5 Å². The van der Waals surface area contributed by atoms with Crippen molar-refractivity contribution < 1.29 is 9.53 Å². The zero-order valence-electron chi connectivity index (χ0n) is 18.6. The van der Waals surface area contributed by atoms with E-state index in [1.54, 1.807) is 0 Å². The van der Waals surface area contributed by atoms with E-state index >= 15 is 0 Å². The molecule has 2 aliphatic rings. The minimum Gasteiger partial charge on any atom is -0.492 e. The lowest BCUT2D eigenvalue weighted by atomic mass is 9.92. The molecule has 160 valence electrons. The quantitative estimate of drug-likeness (QED) is 0.620. The summed E-state index contributed by atoms with van der Waals surface area (Å²) in [5.41, 5.74) is 3.88. The van der Waals surface area contributed by atoms with E-state index in [1.807, 2.05) is 25.1 Å². The number of fused-ring (bicyclic) bond motifs is 1. The molecule has 1 aliphatic carbocycles. The van der Waals surface area contributed by atoms with Crippen molar-refractivity contribution in [3.63, 3.8) is 0 Å². The second kappa shape index (κ2) is 7.69. The van der Waals surface area contributed by atoms with Crippen molar-refractivity contribution in [3.05, 3.63) is 76.9 Å². The summed E-state index contributed by atoms with van der Waals surface area (Å²) in [6.07, 6.45) is 3.11. The highest BCUT2D eigenvalue weighted by molar-refractivity contribution is 5.98. The van der Waals surface area contributed by atoms with E-state index < -0.39 is 0 Å². The number of nitrogens with zero attached hydrogens (tertiary/aromatic N) is 1. The fourth-order valence-electron chi connectivity index (χ4n) is 4.77. The van der Waals surface area contributed by atoms with Crippen LogP contribution in [0.2, 0.25) is 0 Å². The van der Waals surface area contributed by atoms with Crippen molar-refractivity contribution in [1.82, 2.24) is 10.2 Å². The molecular weight excluding hydrogens is 384 g/mol. The van der Waals surface area contributed by atoms with E-state index in [0.717, 1.165) is 30.7 Å². The average Bonchev–Trinajstić information content (AvgIpc) is 3.53. The Morgan fingerprint density at radius 3 is 2.58 bits per heavy atom. The number of rotatable bonds is 6. The SMILES string of the molecule is Cc1ccc(OCC2CCN2C)cc1C(=O)NC1(c2c(C)ccc3ccccc23)CC1. The number of nitrogens with one attached hydrogen (secondary N) is 1. The maximum Gasteiger partial charge on any atom is 0.252 e. The first kappa shape index (κ1) is 20.1. The zero-order valence-corrected chi connectivity index (χ0v) is 18.6. The molecule has 1 aliphatic heterocycles. The van der Waals surface area contributed by atoms with Crippen LogP contribution in [0.4, 0.5) is 0 Å². The maximum absolute atomic E-state index is 13.4. The molecule has 1 amide bonds. The van der Waals surface area contributed by atoms with E-state index in [4.69, 9.17) is 4.74 Å². The lowest BCUT2D eigenvalue weighted by Gasteiger charge is -2.37. The summed E-state index contributed by atoms with van der Waals surface area (Å²) in [7, 11) is 2.12. The molecular formula is C27H30N2O2. The number of carbonyl (C=O) groups excluding carboxylic acids is 1. The summed E-state index contributed by atoms with van der Waals surface area (Å²) >= 11 is 0. The number of likely N-dealkylation sites (N-methyl/N-ethyl adjacent to an activating group) is 1. The van der Waals surface area contributed by atoms with Gasteiger partial charge in [0.05, 0.1) is 5.54 Å². The topological polar surface area (TPSA) is 41.6 Å². The van der Waals surface area contributed by atoms with E-state index in [-0.39, 0.29) is 11.4 Å². The normalized spacial score (nSPS) is 19.6. The molecule has 0 spiro atoms. The molecule has 0 bridgehead atoms. The second-order valence-electron chi connectivity index (χ2n) is 9.23. The fourth-order valence-corrected chi connectivity index (χ4v) is 4.77. The van der Waals surface area contributed by atoms with Crippen molar-refractivity contribution in [2.75, 3.05) is 20.2 Å². The molecule has 3 aromatic carbocycles. The standard InChI is InChI=1S/C27H30N2O2/c1-18-9-11-22(31-17-21-12-15-29(21)3)16-24(18)26(30)28-27(13-14-27)25-19(2)8-10-20-6-4-5-7-23(20)25/h4-11,16,21H,12-15,17H2,1-3H3,(H,28,30). The van der Waals surface area contributed by atoms with Gasteiger partial charge < -0.3 is 10.1 Å². The van der Waals surface area contributed by atoms with Gasteiger partial charge in [-0.25, -0.2) is 0 Å². The predicted octanol–water partition coefficient (Wildman–Crippen LogP) is 4.96. The number of benzene rings is 3. The van der Waals surface area contributed by atoms with Crippen LogP contribution in [0, 0.1) is 13.8 Å². The van der Waals surface area contributed by atoms with Gasteiger partial charge in [-0.15, -0.1) is 0 Å². The molecule has 1 heterocycles. The van der Waals surface area contributed by atoms with Crippen molar-refractivity contribution in [2.45, 2.75) is 44.7 Å². The van der Waals surface area contributed by atoms with Crippen molar-refractivity contribution >= 4 is 16.7 Å². The Morgan fingerprint density at radius 2 is 1.87 bits per heavy atom. The summed E-state index contributed by atoms with van der Waals surface area (Å²) < 4.78 is 6.01. The molecule has 1 saturated carbocycles. The summed E-state index contributed by atoms with van der Waals surface area (Å²) in [6, 6.07) is 19.1. The van der Waals surface area contributed by atoms with Crippen molar-refractivity contribution in [3.8, 4) is 5.75 Å². The Balaban J connectivity index is 1.39. The van der Waals surface area contributed by atoms with Crippen LogP contribution in [0.1, 0.15) is 46.3 Å².